The molecule has 3 N–H and O–H groups in total. The number of methoxy groups -OCH3 is 1. The van der Waals surface area contributed by atoms with Gasteiger partial charge in [-0.3, -0.25) is 18.9 Å². The van der Waals surface area contributed by atoms with Crippen molar-refractivity contribution >= 4 is 22.1 Å². The zero-order chi connectivity index (χ0) is 39.7. The lowest BCUT2D eigenvalue weighted by atomic mass is 9.33. The van der Waals surface area contributed by atoms with E-state index in [1.807, 2.05) is 12.1 Å². The van der Waals surface area contributed by atoms with E-state index in [4.69, 9.17) is 9.47 Å². The maximum atomic E-state index is 12.2. The fourth-order valence-corrected chi connectivity index (χ4v) is 16.7. The summed E-state index contributed by atoms with van der Waals surface area (Å²) in [7, 11) is -0.920. The number of rotatable bonds is 9. The van der Waals surface area contributed by atoms with E-state index >= 15 is 0 Å². The van der Waals surface area contributed by atoms with Crippen LogP contribution in [-0.2, 0) is 9.47 Å². The standard InChI is InChI=1S/C47H75N3O5S/c1-33(32-50-24-28-55-29-25-50)36-14-19-47(48-22-23-49-26-30-56(52,53)31-27-49)21-20-45(5)38(41(36)47)12-13-40-44(4)17-15-37(34-8-10-35(11-9-34)42(51)54-7)43(2,3)39(44)16-18-46(40,45)6/h8-11,15,33,36,38-41,48,52-53H,12-14,16-32H2,1-7H3/t33?,36-,38+,39-,40+,41+,44-,45+,46+,47-/m0/s1. The Hall–Kier alpha value is -1.46. The number of fused-ring (bicyclic) bond motifs is 7. The third-order valence-corrected chi connectivity index (χ3v) is 20.1. The van der Waals surface area contributed by atoms with Crippen LogP contribution >= 0.6 is 10.6 Å². The van der Waals surface area contributed by atoms with Crippen LogP contribution < -0.4 is 5.32 Å². The molecule has 2 heterocycles. The quantitative estimate of drug-likeness (QED) is 0.214. The van der Waals surface area contributed by atoms with Gasteiger partial charge in [-0.2, -0.15) is 10.6 Å². The zero-order valence-electron chi connectivity index (χ0n) is 35.9. The molecule has 1 unspecified atom stereocenters. The lowest BCUT2D eigenvalue weighted by Gasteiger charge is -2.72. The van der Waals surface area contributed by atoms with Crippen molar-refractivity contribution in [3.8, 4) is 0 Å². The summed E-state index contributed by atoms with van der Waals surface area (Å²) in [6, 6.07) is 8.16. The Morgan fingerprint density at radius 3 is 2.30 bits per heavy atom. The van der Waals surface area contributed by atoms with Crippen LogP contribution in [0.15, 0.2) is 30.3 Å². The van der Waals surface area contributed by atoms with Gasteiger partial charge >= 0.3 is 5.97 Å². The molecule has 0 aromatic heterocycles. The Labute approximate surface area is 340 Å². The fraction of sp³-hybridized carbons (Fsp3) is 0.809. The number of hydrogen-bond acceptors (Lipinski definition) is 8. The average molecular weight is 794 g/mol. The molecule has 2 aliphatic heterocycles. The van der Waals surface area contributed by atoms with Crippen LogP contribution in [0.4, 0.5) is 0 Å². The highest BCUT2D eigenvalue weighted by Gasteiger charge is 2.70. The van der Waals surface area contributed by atoms with E-state index in [0.717, 1.165) is 70.7 Å². The topological polar surface area (TPSA) is 94.5 Å². The van der Waals surface area contributed by atoms with Crippen molar-refractivity contribution < 1.29 is 23.4 Å². The van der Waals surface area contributed by atoms with Gasteiger partial charge in [0.2, 0.25) is 0 Å². The number of benzene rings is 1. The van der Waals surface area contributed by atoms with Crippen molar-refractivity contribution in [1.82, 2.24) is 15.1 Å². The van der Waals surface area contributed by atoms with Crippen molar-refractivity contribution in [2.24, 2.45) is 57.2 Å². The van der Waals surface area contributed by atoms with Crippen LogP contribution in [0.2, 0.25) is 0 Å². The molecule has 1 aromatic carbocycles. The number of carbonyl (C=O) groups excluding carboxylic acids is 1. The Bertz CT molecular complexity index is 1620. The van der Waals surface area contributed by atoms with Crippen LogP contribution in [0, 0.1) is 57.2 Å². The number of nitrogens with one attached hydrogen (secondary N) is 1. The predicted octanol–water partition coefficient (Wildman–Crippen LogP) is 8.92. The van der Waals surface area contributed by atoms with Crippen molar-refractivity contribution in [3.63, 3.8) is 0 Å². The maximum absolute atomic E-state index is 12.2. The number of ether oxygens (including phenoxy) is 2. The second kappa shape index (κ2) is 15.2. The summed E-state index contributed by atoms with van der Waals surface area (Å²) < 4.78 is 31.2. The Balaban J connectivity index is 1.06. The number of nitrogens with zero attached hydrogens (tertiary/aromatic N) is 2. The van der Waals surface area contributed by atoms with E-state index in [1.165, 1.54) is 76.2 Å². The molecule has 6 fully saturated rings. The monoisotopic (exact) mass is 794 g/mol. The molecule has 9 heteroatoms. The van der Waals surface area contributed by atoms with Crippen molar-refractivity contribution in [2.75, 3.05) is 77.6 Å². The SMILES string of the molecule is COC(=O)c1ccc(C2=CC[C@]3(C)[C@H]4CC[C@@H]5[C@H]6[C@H](C(C)CN7CCOCC7)CC[C@]6(NCCN6CCS(O)(O)CC6)CC[C@@]5(C)[C@]4(C)CC[C@H]3C2(C)C)cc1. The van der Waals surface area contributed by atoms with Crippen molar-refractivity contribution in [2.45, 2.75) is 105 Å². The van der Waals surface area contributed by atoms with Gasteiger partial charge in [0.25, 0.3) is 0 Å². The second-order valence-corrected chi connectivity index (χ2v) is 23.5. The minimum absolute atomic E-state index is 0.0431. The third-order valence-electron chi connectivity index (χ3n) is 18.4. The first-order valence-corrected chi connectivity index (χ1v) is 24.4. The second-order valence-electron chi connectivity index (χ2n) is 21.0. The first-order chi connectivity index (χ1) is 26.6. The molecule has 0 amide bonds. The summed E-state index contributed by atoms with van der Waals surface area (Å²) in [5, 5.41) is 4.36. The molecule has 314 valence electrons. The molecule has 0 radical (unpaired) electrons. The normalized spacial score (nSPS) is 41.9. The highest BCUT2D eigenvalue weighted by molar-refractivity contribution is 8.24. The van der Waals surface area contributed by atoms with Crippen molar-refractivity contribution in [3.05, 3.63) is 41.5 Å². The molecule has 10 atom stereocenters. The average Bonchev–Trinajstić information content (AvgIpc) is 3.55. The van der Waals surface area contributed by atoms with Gasteiger partial charge in [0.1, 0.15) is 0 Å². The van der Waals surface area contributed by atoms with E-state index in [-0.39, 0.29) is 22.3 Å². The number of hydrogen-bond donors (Lipinski definition) is 3. The third kappa shape index (κ3) is 6.87. The highest BCUT2D eigenvalue weighted by Crippen LogP contribution is 2.76. The van der Waals surface area contributed by atoms with Gasteiger partial charge in [-0.05, 0) is 138 Å². The van der Waals surface area contributed by atoms with E-state index in [2.05, 4.69) is 74.9 Å². The largest absolute Gasteiger partial charge is 0.465 e. The molecule has 56 heavy (non-hydrogen) atoms. The van der Waals surface area contributed by atoms with Crippen LogP contribution in [-0.4, -0.2) is 108 Å². The molecule has 7 aliphatic rings. The Morgan fingerprint density at radius 2 is 1.61 bits per heavy atom. The van der Waals surface area contributed by atoms with Crippen molar-refractivity contribution in [1.29, 1.82) is 0 Å². The highest BCUT2D eigenvalue weighted by atomic mass is 32.3. The lowest BCUT2D eigenvalue weighted by molar-refractivity contribution is -0.221. The van der Waals surface area contributed by atoms with Gasteiger partial charge in [0.15, 0.2) is 0 Å². The van der Waals surface area contributed by atoms with Gasteiger partial charge in [-0.1, -0.05) is 59.8 Å². The Kier molecular flexibility index (Phi) is 11.2. The summed E-state index contributed by atoms with van der Waals surface area (Å²) in [5.74, 6) is 4.91. The minimum atomic E-state index is -2.37. The number of morpholine rings is 1. The van der Waals surface area contributed by atoms with Gasteiger partial charge in [-0.25, -0.2) is 4.79 Å². The van der Waals surface area contributed by atoms with Crippen LogP contribution in [0.3, 0.4) is 0 Å². The molecule has 0 spiro atoms. The molecular weight excluding hydrogens is 719 g/mol. The summed E-state index contributed by atoms with van der Waals surface area (Å²) in [5.41, 5.74) is 4.42. The van der Waals surface area contributed by atoms with Gasteiger partial charge in [0, 0.05) is 51.4 Å². The fourth-order valence-electron chi connectivity index (χ4n) is 15.4. The summed E-state index contributed by atoms with van der Waals surface area (Å²) >= 11 is 0. The maximum Gasteiger partial charge on any atom is 0.337 e. The molecule has 8 rings (SSSR count). The first-order valence-electron chi connectivity index (χ1n) is 22.5. The van der Waals surface area contributed by atoms with E-state index < -0.39 is 10.6 Å². The molecule has 8 nitrogen and oxygen atoms in total. The summed E-state index contributed by atoms with van der Waals surface area (Å²) in [4.78, 5) is 17.4. The summed E-state index contributed by atoms with van der Waals surface area (Å²) in [6.45, 7) is 24.5. The number of esters is 1. The minimum Gasteiger partial charge on any atom is -0.465 e. The van der Waals surface area contributed by atoms with E-state index in [9.17, 15) is 13.9 Å². The first kappa shape index (κ1) is 41.3. The number of allylic oxidation sites excluding steroid dienone is 2. The van der Waals surface area contributed by atoms with Gasteiger partial charge < -0.3 is 14.8 Å². The molecule has 4 saturated carbocycles. The molecule has 1 aromatic rings. The molecular formula is C47H75N3O5S. The Morgan fingerprint density at radius 1 is 0.893 bits per heavy atom. The van der Waals surface area contributed by atoms with Crippen LogP contribution in [0.25, 0.3) is 5.57 Å². The van der Waals surface area contributed by atoms with E-state index in [1.54, 1.807) is 0 Å². The van der Waals surface area contributed by atoms with Crippen LogP contribution in [0.1, 0.15) is 115 Å². The van der Waals surface area contributed by atoms with Crippen LogP contribution in [0.5, 0.6) is 0 Å². The molecule has 2 saturated heterocycles. The number of carbonyl (C=O) groups is 1. The smallest absolute Gasteiger partial charge is 0.337 e. The molecule has 5 aliphatic carbocycles. The summed E-state index contributed by atoms with van der Waals surface area (Å²) in [6.07, 6.45) is 14.3. The predicted molar refractivity (Wildman–Crippen MR) is 229 cm³/mol. The molecule has 0 bridgehead atoms. The van der Waals surface area contributed by atoms with E-state index in [0.29, 0.717) is 51.6 Å². The van der Waals surface area contributed by atoms with Gasteiger partial charge in [0.05, 0.1) is 37.4 Å². The zero-order valence-corrected chi connectivity index (χ0v) is 36.7. The van der Waals surface area contributed by atoms with Gasteiger partial charge in [-0.15, -0.1) is 0 Å². The lowest BCUT2D eigenvalue weighted by Crippen LogP contribution is -2.68.